The summed E-state index contributed by atoms with van der Waals surface area (Å²) in [4.78, 5) is 50.2. The van der Waals surface area contributed by atoms with E-state index in [-0.39, 0.29) is 11.8 Å². The number of hydrogen-bond acceptors (Lipinski definition) is 5. The molecule has 2 atom stereocenters. The highest BCUT2D eigenvalue weighted by atomic mass is 16.3. The molecule has 0 bridgehead atoms. The van der Waals surface area contributed by atoms with Gasteiger partial charge in [-0.2, -0.15) is 0 Å². The van der Waals surface area contributed by atoms with E-state index in [9.17, 15) is 19.2 Å². The molecule has 3 N–H and O–H groups in total. The highest BCUT2D eigenvalue weighted by Gasteiger charge is 2.55. The molecular formula is C18H24N4O5. The molecule has 0 unspecified atom stereocenters. The molecule has 1 aliphatic carbocycles. The van der Waals surface area contributed by atoms with Gasteiger partial charge in [-0.25, -0.2) is 4.79 Å². The van der Waals surface area contributed by atoms with Gasteiger partial charge in [-0.15, -0.1) is 0 Å². The largest absolute Gasteiger partial charge is 0.466 e. The van der Waals surface area contributed by atoms with Crippen LogP contribution in [0.2, 0.25) is 0 Å². The first kappa shape index (κ1) is 18.9. The second kappa shape index (κ2) is 7.05. The molecule has 5 amide bonds. The molecule has 146 valence electrons. The number of furan rings is 1. The fraction of sp³-hybridized carbons (Fsp3) is 0.556. The van der Waals surface area contributed by atoms with Crippen LogP contribution in [0.15, 0.2) is 10.5 Å². The summed E-state index contributed by atoms with van der Waals surface area (Å²) in [5, 5.41) is 2.78. The van der Waals surface area contributed by atoms with Crippen molar-refractivity contribution in [1.29, 1.82) is 0 Å². The molecule has 9 heteroatoms. The molecular weight excluding hydrogens is 352 g/mol. The van der Waals surface area contributed by atoms with Crippen LogP contribution < -0.4 is 16.2 Å². The van der Waals surface area contributed by atoms with E-state index < -0.39 is 29.9 Å². The lowest BCUT2D eigenvalue weighted by Gasteiger charge is -2.36. The van der Waals surface area contributed by atoms with Crippen molar-refractivity contribution in [1.82, 2.24) is 21.1 Å². The Morgan fingerprint density at radius 2 is 2.04 bits per heavy atom. The van der Waals surface area contributed by atoms with Crippen molar-refractivity contribution in [2.24, 2.45) is 5.92 Å². The Bertz CT molecular complexity index is 802. The molecule has 27 heavy (non-hydrogen) atoms. The molecule has 3 rings (SSSR count). The maximum atomic E-state index is 12.8. The van der Waals surface area contributed by atoms with Crippen molar-refractivity contribution < 1.29 is 23.6 Å². The molecule has 9 nitrogen and oxygen atoms in total. The van der Waals surface area contributed by atoms with Crippen molar-refractivity contribution in [2.45, 2.75) is 52.0 Å². The first-order chi connectivity index (χ1) is 12.7. The van der Waals surface area contributed by atoms with Crippen LogP contribution in [-0.2, 0) is 9.59 Å². The summed E-state index contributed by atoms with van der Waals surface area (Å²) in [5.74, 6) is -0.542. The Morgan fingerprint density at radius 3 is 2.67 bits per heavy atom. The zero-order chi connectivity index (χ0) is 19.8. The standard InChI is InChI=1S/C18H24N4O5/c1-10-6-4-5-7-18(10)16(25)22(17(26)19-18)9-14(23)20-21-15(24)13-8-11(2)27-12(13)3/h8,10H,4-7,9H2,1-3H3,(H,19,26)(H,20,23)(H,21,24)/t10-,18-/m0/s1. The van der Waals surface area contributed by atoms with Crippen LogP contribution in [0.25, 0.3) is 0 Å². The first-order valence-electron chi connectivity index (χ1n) is 9.05. The summed E-state index contributed by atoms with van der Waals surface area (Å²) < 4.78 is 5.27. The van der Waals surface area contributed by atoms with Gasteiger partial charge in [0.05, 0.1) is 5.56 Å². The molecule has 1 saturated carbocycles. The molecule has 2 aliphatic rings. The van der Waals surface area contributed by atoms with Crippen molar-refractivity contribution in [3.63, 3.8) is 0 Å². The molecule has 2 heterocycles. The van der Waals surface area contributed by atoms with Gasteiger partial charge in [-0.3, -0.25) is 30.1 Å². The third-order valence-electron chi connectivity index (χ3n) is 5.40. The van der Waals surface area contributed by atoms with Gasteiger partial charge in [0, 0.05) is 0 Å². The van der Waals surface area contributed by atoms with E-state index >= 15 is 0 Å². The van der Waals surface area contributed by atoms with Crippen LogP contribution in [0.3, 0.4) is 0 Å². The number of urea groups is 1. The molecule has 2 fully saturated rings. The predicted molar refractivity (Wildman–Crippen MR) is 94.4 cm³/mol. The van der Waals surface area contributed by atoms with Crippen LogP contribution in [0.1, 0.15) is 54.5 Å². The molecule has 1 aromatic heterocycles. The molecule has 1 saturated heterocycles. The number of imide groups is 1. The van der Waals surface area contributed by atoms with Gasteiger partial charge >= 0.3 is 6.03 Å². The number of rotatable bonds is 3. The van der Waals surface area contributed by atoms with Gasteiger partial charge in [0.1, 0.15) is 23.6 Å². The minimum Gasteiger partial charge on any atom is -0.466 e. The van der Waals surface area contributed by atoms with Crippen LogP contribution >= 0.6 is 0 Å². The minimum absolute atomic E-state index is 0.0165. The highest BCUT2D eigenvalue weighted by molar-refractivity contribution is 6.09. The second-order valence-corrected chi connectivity index (χ2v) is 7.27. The minimum atomic E-state index is -0.912. The average Bonchev–Trinajstić information content (AvgIpc) is 3.07. The number of nitrogens with one attached hydrogen (secondary N) is 3. The predicted octanol–water partition coefficient (Wildman–Crippen LogP) is 1.16. The molecule has 1 aromatic rings. The number of amides is 5. The molecule has 1 spiro atoms. The van der Waals surface area contributed by atoms with Gasteiger partial charge < -0.3 is 9.73 Å². The number of nitrogens with zero attached hydrogens (tertiary/aromatic N) is 1. The van der Waals surface area contributed by atoms with E-state index in [0.717, 1.165) is 24.2 Å². The van der Waals surface area contributed by atoms with E-state index in [1.54, 1.807) is 19.9 Å². The lowest BCUT2D eigenvalue weighted by molar-refractivity contribution is -0.137. The van der Waals surface area contributed by atoms with Crippen LogP contribution in [-0.4, -0.2) is 40.7 Å². The maximum absolute atomic E-state index is 12.8. The first-order valence-corrected chi connectivity index (χ1v) is 9.05. The van der Waals surface area contributed by atoms with Crippen molar-refractivity contribution in [3.8, 4) is 0 Å². The molecule has 0 aromatic carbocycles. The number of aryl methyl sites for hydroxylation is 2. The summed E-state index contributed by atoms with van der Waals surface area (Å²) in [6.45, 7) is 4.84. The Balaban J connectivity index is 1.59. The quantitative estimate of drug-likeness (QED) is 0.540. The number of hydrazine groups is 1. The van der Waals surface area contributed by atoms with E-state index in [4.69, 9.17) is 4.42 Å². The summed E-state index contributed by atoms with van der Waals surface area (Å²) >= 11 is 0. The van der Waals surface area contributed by atoms with Gasteiger partial charge in [0.25, 0.3) is 17.7 Å². The topological polar surface area (TPSA) is 121 Å². The van der Waals surface area contributed by atoms with Gasteiger partial charge in [-0.1, -0.05) is 19.8 Å². The van der Waals surface area contributed by atoms with Gasteiger partial charge in [0.15, 0.2) is 0 Å². The second-order valence-electron chi connectivity index (χ2n) is 7.27. The van der Waals surface area contributed by atoms with Crippen LogP contribution in [0, 0.1) is 19.8 Å². The van der Waals surface area contributed by atoms with E-state index in [1.807, 2.05) is 6.92 Å². The number of carbonyl (C=O) groups is 4. The summed E-state index contributed by atoms with van der Waals surface area (Å²) in [6, 6.07) is 0.985. The lowest BCUT2D eigenvalue weighted by Crippen LogP contribution is -2.54. The number of carbonyl (C=O) groups excluding carboxylic acids is 4. The van der Waals surface area contributed by atoms with Gasteiger partial charge in [0.2, 0.25) is 0 Å². The summed E-state index contributed by atoms with van der Waals surface area (Å²) in [7, 11) is 0. The molecule has 0 radical (unpaired) electrons. The number of hydrogen-bond donors (Lipinski definition) is 3. The smallest absolute Gasteiger partial charge is 0.325 e. The van der Waals surface area contributed by atoms with E-state index in [2.05, 4.69) is 16.2 Å². The van der Waals surface area contributed by atoms with Gasteiger partial charge in [-0.05, 0) is 38.7 Å². The SMILES string of the molecule is Cc1cc(C(=O)NNC(=O)CN2C(=O)N[C@]3(CCCC[C@@H]3C)C2=O)c(C)o1. The Hall–Kier alpha value is -2.84. The van der Waals surface area contributed by atoms with Crippen LogP contribution in [0.4, 0.5) is 4.79 Å². The third-order valence-corrected chi connectivity index (χ3v) is 5.40. The zero-order valence-corrected chi connectivity index (χ0v) is 15.7. The van der Waals surface area contributed by atoms with Crippen molar-refractivity contribution in [2.75, 3.05) is 6.54 Å². The fourth-order valence-corrected chi connectivity index (χ4v) is 3.87. The van der Waals surface area contributed by atoms with Crippen molar-refractivity contribution >= 4 is 23.8 Å². The van der Waals surface area contributed by atoms with Crippen molar-refractivity contribution in [3.05, 3.63) is 23.2 Å². The fourth-order valence-electron chi connectivity index (χ4n) is 3.87. The summed E-state index contributed by atoms with van der Waals surface area (Å²) in [5.41, 5.74) is 3.89. The summed E-state index contributed by atoms with van der Waals surface area (Å²) in [6.07, 6.45) is 3.31. The Kier molecular flexibility index (Phi) is 4.95. The zero-order valence-electron chi connectivity index (χ0n) is 15.7. The monoisotopic (exact) mass is 376 g/mol. The molecule has 1 aliphatic heterocycles. The van der Waals surface area contributed by atoms with Crippen LogP contribution in [0.5, 0.6) is 0 Å². The Morgan fingerprint density at radius 1 is 1.30 bits per heavy atom. The van der Waals surface area contributed by atoms with E-state index in [1.165, 1.54) is 0 Å². The van der Waals surface area contributed by atoms with E-state index in [0.29, 0.717) is 23.5 Å². The normalized spacial score (nSPS) is 24.9. The lowest BCUT2D eigenvalue weighted by atomic mass is 9.73. The highest BCUT2D eigenvalue weighted by Crippen LogP contribution is 2.38. The Labute approximate surface area is 156 Å². The third kappa shape index (κ3) is 3.41. The maximum Gasteiger partial charge on any atom is 0.325 e. The average molecular weight is 376 g/mol.